The molecule has 2 aromatic carbocycles. The molecule has 0 aliphatic rings. The number of benzene rings is 2. The van der Waals surface area contributed by atoms with E-state index in [2.05, 4.69) is 5.32 Å². The topological polar surface area (TPSA) is 12.0 Å². The largest absolute Gasteiger partial charge is 0.319 e. The van der Waals surface area contributed by atoms with Gasteiger partial charge in [0.05, 0.1) is 5.02 Å². The molecule has 0 saturated carbocycles. The fourth-order valence-electron chi connectivity index (χ4n) is 2.27. The number of rotatable bonds is 5. The van der Waals surface area contributed by atoms with Gasteiger partial charge in [-0.25, -0.2) is 4.39 Å². The van der Waals surface area contributed by atoms with Crippen LogP contribution in [-0.4, -0.2) is 13.6 Å². The van der Waals surface area contributed by atoms with E-state index in [0.717, 1.165) is 24.1 Å². The molecule has 0 aromatic heterocycles. The Kier molecular flexibility index (Phi) is 5.41. The van der Waals surface area contributed by atoms with Crippen molar-refractivity contribution in [3.63, 3.8) is 0 Å². The van der Waals surface area contributed by atoms with Crippen LogP contribution in [0.4, 0.5) is 4.39 Å². The highest BCUT2D eigenvalue weighted by atomic mass is 35.5. The molecule has 0 heterocycles. The second-order valence-corrected chi connectivity index (χ2v) is 5.61. The summed E-state index contributed by atoms with van der Waals surface area (Å²) >= 11 is 11.8. The van der Waals surface area contributed by atoms with Crippen molar-refractivity contribution < 1.29 is 4.39 Å². The van der Waals surface area contributed by atoms with Crippen molar-refractivity contribution in [2.24, 2.45) is 0 Å². The number of hydrogen-bond acceptors (Lipinski definition) is 1. The number of likely N-dealkylation sites (N-methyl/N-ethyl adjacent to an activating group) is 1. The summed E-state index contributed by atoms with van der Waals surface area (Å²) < 4.78 is 13.5. The summed E-state index contributed by atoms with van der Waals surface area (Å²) in [5.74, 6) is -0.141. The molecule has 0 radical (unpaired) electrons. The predicted octanol–water partition coefficient (Wildman–Crippen LogP) is 4.68. The Hall–Kier alpha value is -1.09. The van der Waals surface area contributed by atoms with Gasteiger partial charge < -0.3 is 5.32 Å². The molecule has 20 heavy (non-hydrogen) atoms. The Morgan fingerprint density at radius 3 is 2.60 bits per heavy atom. The van der Waals surface area contributed by atoms with E-state index in [1.54, 1.807) is 6.07 Å². The third-order valence-corrected chi connectivity index (χ3v) is 3.78. The molecule has 1 atom stereocenters. The van der Waals surface area contributed by atoms with Crippen LogP contribution in [0.1, 0.15) is 17.0 Å². The van der Waals surface area contributed by atoms with Crippen LogP contribution < -0.4 is 5.32 Å². The first-order valence-electron chi connectivity index (χ1n) is 6.44. The average Bonchev–Trinajstić information content (AvgIpc) is 2.42. The van der Waals surface area contributed by atoms with Gasteiger partial charge in [-0.2, -0.15) is 0 Å². The van der Waals surface area contributed by atoms with E-state index in [1.165, 1.54) is 6.07 Å². The van der Waals surface area contributed by atoms with Gasteiger partial charge in [0.25, 0.3) is 0 Å². The molecule has 1 unspecified atom stereocenters. The lowest BCUT2D eigenvalue weighted by molar-refractivity contribution is 0.608. The quantitative estimate of drug-likeness (QED) is 0.845. The number of halogens is 3. The zero-order chi connectivity index (χ0) is 14.5. The molecule has 0 amide bonds. The van der Waals surface area contributed by atoms with Gasteiger partial charge in [0, 0.05) is 17.5 Å². The van der Waals surface area contributed by atoms with Crippen LogP contribution in [0.15, 0.2) is 42.5 Å². The molecule has 0 bridgehead atoms. The van der Waals surface area contributed by atoms with Crippen molar-refractivity contribution in [1.29, 1.82) is 0 Å². The summed E-state index contributed by atoms with van der Waals surface area (Å²) in [6, 6.07) is 12.7. The van der Waals surface area contributed by atoms with Gasteiger partial charge in [0.2, 0.25) is 0 Å². The highest BCUT2D eigenvalue weighted by Gasteiger charge is 2.13. The third kappa shape index (κ3) is 3.95. The fraction of sp³-hybridized carbons (Fsp3) is 0.250. The molecule has 2 aromatic rings. The van der Waals surface area contributed by atoms with Crippen LogP contribution in [0.5, 0.6) is 0 Å². The molecule has 0 fully saturated rings. The van der Waals surface area contributed by atoms with Crippen LogP contribution in [0.2, 0.25) is 10.0 Å². The van der Waals surface area contributed by atoms with Crippen LogP contribution in [0.3, 0.4) is 0 Å². The molecular formula is C16H16Cl2FN. The lowest BCUT2D eigenvalue weighted by atomic mass is 9.92. The molecule has 2 rings (SSSR count). The van der Waals surface area contributed by atoms with E-state index in [4.69, 9.17) is 23.2 Å². The lowest BCUT2D eigenvalue weighted by Gasteiger charge is -2.17. The second kappa shape index (κ2) is 7.07. The summed E-state index contributed by atoms with van der Waals surface area (Å²) in [7, 11) is 1.90. The van der Waals surface area contributed by atoms with Gasteiger partial charge in [-0.1, -0.05) is 41.4 Å². The zero-order valence-electron chi connectivity index (χ0n) is 11.2. The van der Waals surface area contributed by atoms with Crippen molar-refractivity contribution in [1.82, 2.24) is 5.32 Å². The molecule has 1 nitrogen and oxygen atoms in total. The van der Waals surface area contributed by atoms with E-state index in [9.17, 15) is 4.39 Å². The highest BCUT2D eigenvalue weighted by Crippen LogP contribution is 2.25. The van der Waals surface area contributed by atoms with Gasteiger partial charge in [0.15, 0.2) is 0 Å². The van der Waals surface area contributed by atoms with Gasteiger partial charge in [-0.05, 0) is 48.9 Å². The molecule has 0 aliphatic heterocycles. The molecule has 1 N–H and O–H groups in total. The molecule has 4 heteroatoms. The Morgan fingerprint density at radius 2 is 1.95 bits per heavy atom. The van der Waals surface area contributed by atoms with Crippen molar-refractivity contribution in [3.05, 3.63) is 69.5 Å². The minimum Gasteiger partial charge on any atom is -0.319 e. The Balaban J connectivity index is 2.22. The number of hydrogen-bond donors (Lipinski definition) is 1. The maximum Gasteiger partial charge on any atom is 0.142 e. The van der Waals surface area contributed by atoms with E-state index in [-0.39, 0.29) is 16.8 Å². The van der Waals surface area contributed by atoms with Gasteiger partial charge in [-0.3, -0.25) is 0 Å². The van der Waals surface area contributed by atoms with Crippen LogP contribution in [0, 0.1) is 5.82 Å². The van der Waals surface area contributed by atoms with Gasteiger partial charge in [-0.15, -0.1) is 0 Å². The summed E-state index contributed by atoms with van der Waals surface area (Å²) in [4.78, 5) is 0. The van der Waals surface area contributed by atoms with E-state index in [1.807, 2.05) is 37.4 Å². The first kappa shape index (κ1) is 15.3. The molecular weight excluding hydrogens is 296 g/mol. The Bertz CT molecular complexity index is 586. The number of nitrogens with one attached hydrogen (secondary N) is 1. The summed E-state index contributed by atoms with van der Waals surface area (Å²) in [5.41, 5.74) is 2.06. The van der Waals surface area contributed by atoms with Crippen LogP contribution in [0.25, 0.3) is 0 Å². The van der Waals surface area contributed by atoms with E-state index in [0.29, 0.717) is 5.02 Å². The summed E-state index contributed by atoms with van der Waals surface area (Å²) in [6.07, 6.45) is 0.731. The summed E-state index contributed by atoms with van der Waals surface area (Å²) in [5, 5.41) is 4.04. The zero-order valence-corrected chi connectivity index (χ0v) is 12.7. The minimum atomic E-state index is -0.376. The average molecular weight is 312 g/mol. The minimum absolute atomic E-state index is 0.154. The van der Waals surface area contributed by atoms with Crippen LogP contribution >= 0.6 is 23.2 Å². The Morgan fingerprint density at radius 1 is 1.15 bits per heavy atom. The molecule has 0 aliphatic carbocycles. The normalized spacial score (nSPS) is 12.4. The van der Waals surface area contributed by atoms with E-state index < -0.39 is 0 Å². The van der Waals surface area contributed by atoms with Crippen LogP contribution in [-0.2, 0) is 6.42 Å². The van der Waals surface area contributed by atoms with Gasteiger partial charge >= 0.3 is 0 Å². The molecule has 106 valence electrons. The smallest absolute Gasteiger partial charge is 0.142 e. The maximum atomic E-state index is 13.5. The second-order valence-electron chi connectivity index (χ2n) is 4.76. The monoisotopic (exact) mass is 311 g/mol. The van der Waals surface area contributed by atoms with Crippen molar-refractivity contribution in [2.75, 3.05) is 13.6 Å². The highest BCUT2D eigenvalue weighted by molar-refractivity contribution is 6.31. The fourth-order valence-corrected chi connectivity index (χ4v) is 2.58. The van der Waals surface area contributed by atoms with Gasteiger partial charge in [0.1, 0.15) is 5.82 Å². The first-order chi connectivity index (χ1) is 9.60. The first-order valence-corrected chi connectivity index (χ1v) is 7.19. The summed E-state index contributed by atoms with van der Waals surface area (Å²) in [6.45, 7) is 0.796. The van der Waals surface area contributed by atoms with E-state index >= 15 is 0 Å². The lowest BCUT2D eigenvalue weighted by Crippen LogP contribution is -2.19. The SMILES string of the molecule is CNCC(Cc1ccc(Cl)c(F)c1)c1cccc(Cl)c1. The maximum absolute atomic E-state index is 13.5. The Labute approximate surface area is 128 Å². The third-order valence-electron chi connectivity index (χ3n) is 3.24. The van der Waals surface area contributed by atoms with Crippen molar-refractivity contribution in [3.8, 4) is 0 Å². The van der Waals surface area contributed by atoms with Crippen molar-refractivity contribution >= 4 is 23.2 Å². The molecule has 0 saturated heterocycles. The van der Waals surface area contributed by atoms with Crippen molar-refractivity contribution in [2.45, 2.75) is 12.3 Å². The standard InChI is InChI=1S/C16H16Cl2FN/c1-20-10-13(12-3-2-4-14(17)9-12)7-11-5-6-15(18)16(19)8-11/h2-6,8-9,13,20H,7,10H2,1H3. The predicted molar refractivity (Wildman–Crippen MR) is 83.2 cm³/mol. The molecule has 0 spiro atoms.